The molecule has 2 amide bonds. The van der Waals surface area contributed by atoms with E-state index in [2.05, 4.69) is 15.4 Å². The van der Waals surface area contributed by atoms with Gasteiger partial charge in [-0.2, -0.15) is 5.10 Å². The highest BCUT2D eigenvalue weighted by Crippen LogP contribution is 2.27. The third kappa shape index (κ3) is 4.07. The molecule has 148 valence electrons. The van der Waals surface area contributed by atoms with Crippen molar-refractivity contribution in [3.8, 4) is 5.75 Å². The number of ether oxygens (including phenoxy) is 2. The number of carbonyl (C=O) groups is 1. The number of hydrogen-bond donors (Lipinski definition) is 1. The van der Waals surface area contributed by atoms with E-state index in [1.807, 2.05) is 37.4 Å². The molecule has 0 saturated carbocycles. The van der Waals surface area contributed by atoms with Crippen LogP contribution in [0.4, 0.5) is 4.79 Å². The molecule has 1 atom stereocenters. The quantitative estimate of drug-likeness (QED) is 0.678. The first-order valence-corrected chi connectivity index (χ1v) is 8.94. The van der Waals surface area contributed by atoms with Gasteiger partial charge in [0, 0.05) is 45.5 Å². The first-order valence-electron chi connectivity index (χ1n) is 8.94. The molecule has 2 aromatic heterocycles. The summed E-state index contributed by atoms with van der Waals surface area (Å²) in [6.07, 6.45) is 3.43. The van der Waals surface area contributed by atoms with Crippen molar-refractivity contribution in [2.75, 3.05) is 27.9 Å². The molecule has 8 heteroatoms. The summed E-state index contributed by atoms with van der Waals surface area (Å²) in [5, 5.41) is 8.14. The maximum Gasteiger partial charge on any atom is 0.318 e. The first kappa shape index (κ1) is 19.6. The lowest BCUT2D eigenvalue weighted by molar-refractivity contribution is 0.155. The molecular formula is C20H25N5O3. The molecule has 0 aliphatic heterocycles. The van der Waals surface area contributed by atoms with E-state index < -0.39 is 0 Å². The van der Waals surface area contributed by atoms with Crippen molar-refractivity contribution in [2.24, 2.45) is 7.05 Å². The van der Waals surface area contributed by atoms with Gasteiger partial charge in [0.2, 0.25) is 0 Å². The number of rotatable bonds is 7. The third-order valence-electron chi connectivity index (χ3n) is 4.64. The van der Waals surface area contributed by atoms with Crippen LogP contribution in [0.2, 0.25) is 0 Å². The summed E-state index contributed by atoms with van der Waals surface area (Å²) in [5.41, 5.74) is 2.65. The Morgan fingerprint density at radius 1 is 1.25 bits per heavy atom. The number of urea groups is 1. The van der Waals surface area contributed by atoms with Crippen LogP contribution in [-0.2, 0) is 18.3 Å². The van der Waals surface area contributed by atoms with Crippen LogP contribution >= 0.6 is 0 Å². The smallest absolute Gasteiger partial charge is 0.318 e. The van der Waals surface area contributed by atoms with Gasteiger partial charge in [-0.1, -0.05) is 12.1 Å². The summed E-state index contributed by atoms with van der Waals surface area (Å²) >= 11 is 0. The molecule has 0 spiro atoms. The standard InChI is InChI=1S/C20H25N5O3/c1-24(20(26)23-16(13-27-3)17-9-11-22-25(17)2)12-14-7-8-18(28-4)19-15(14)6-5-10-21-19/h5-11,16H,12-13H2,1-4H3,(H,23,26). The van der Waals surface area contributed by atoms with Crippen molar-refractivity contribution in [1.29, 1.82) is 0 Å². The summed E-state index contributed by atoms with van der Waals surface area (Å²) in [7, 11) is 6.83. The molecule has 1 N–H and O–H groups in total. The van der Waals surface area contributed by atoms with Crippen LogP contribution in [0, 0.1) is 0 Å². The highest BCUT2D eigenvalue weighted by molar-refractivity contribution is 5.87. The molecule has 0 aliphatic carbocycles. The van der Waals surface area contributed by atoms with E-state index >= 15 is 0 Å². The van der Waals surface area contributed by atoms with Crippen LogP contribution in [0.15, 0.2) is 42.7 Å². The molecule has 2 heterocycles. The molecule has 0 aliphatic rings. The molecule has 0 radical (unpaired) electrons. The number of aryl methyl sites for hydroxylation is 1. The molecule has 0 bridgehead atoms. The van der Waals surface area contributed by atoms with Crippen LogP contribution in [0.25, 0.3) is 10.9 Å². The highest BCUT2D eigenvalue weighted by atomic mass is 16.5. The predicted molar refractivity (Wildman–Crippen MR) is 106 cm³/mol. The largest absolute Gasteiger partial charge is 0.494 e. The predicted octanol–water partition coefficient (Wildman–Crippen LogP) is 2.51. The Balaban J connectivity index is 1.77. The minimum Gasteiger partial charge on any atom is -0.494 e. The molecule has 8 nitrogen and oxygen atoms in total. The summed E-state index contributed by atoms with van der Waals surface area (Å²) in [6, 6.07) is 9.07. The van der Waals surface area contributed by atoms with E-state index in [1.165, 1.54) is 0 Å². The second-order valence-corrected chi connectivity index (χ2v) is 6.52. The molecule has 3 aromatic rings. The van der Waals surface area contributed by atoms with E-state index in [-0.39, 0.29) is 12.1 Å². The molecular weight excluding hydrogens is 358 g/mol. The number of hydrogen-bond acceptors (Lipinski definition) is 5. The Morgan fingerprint density at radius 2 is 2.07 bits per heavy atom. The number of aromatic nitrogens is 3. The van der Waals surface area contributed by atoms with Crippen molar-refractivity contribution in [3.05, 3.63) is 54.0 Å². The monoisotopic (exact) mass is 383 g/mol. The van der Waals surface area contributed by atoms with Gasteiger partial charge in [0.25, 0.3) is 0 Å². The minimum absolute atomic E-state index is 0.198. The summed E-state index contributed by atoms with van der Waals surface area (Å²) < 4.78 is 12.4. The fourth-order valence-electron chi connectivity index (χ4n) is 3.19. The van der Waals surface area contributed by atoms with Crippen molar-refractivity contribution < 1.29 is 14.3 Å². The Hall–Kier alpha value is -3.13. The van der Waals surface area contributed by atoms with Gasteiger partial charge >= 0.3 is 6.03 Å². The van der Waals surface area contributed by atoms with Gasteiger partial charge in [-0.3, -0.25) is 9.67 Å². The van der Waals surface area contributed by atoms with Gasteiger partial charge in [-0.05, 0) is 23.8 Å². The fraction of sp³-hybridized carbons (Fsp3) is 0.350. The number of nitrogens with one attached hydrogen (secondary N) is 1. The maximum absolute atomic E-state index is 12.8. The lowest BCUT2D eigenvalue weighted by atomic mass is 10.1. The maximum atomic E-state index is 12.8. The van der Waals surface area contributed by atoms with Crippen LogP contribution in [0.5, 0.6) is 5.75 Å². The van der Waals surface area contributed by atoms with Crippen LogP contribution < -0.4 is 10.1 Å². The van der Waals surface area contributed by atoms with Gasteiger partial charge in [0.1, 0.15) is 11.3 Å². The van der Waals surface area contributed by atoms with E-state index in [1.54, 1.807) is 43.2 Å². The topological polar surface area (TPSA) is 81.5 Å². The van der Waals surface area contributed by atoms with Crippen molar-refractivity contribution in [1.82, 2.24) is 25.0 Å². The van der Waals surface area contributed by atoms with E-state index in [4.69, 9.17) is 9.47 Å². The molecule has 28 heavy (non-hydrogen) atoms. The number of carbonyl (C=O) groups excluding carboxylic acids is 1. The van der Waals surface area contributed by atoms with E-state index in [0.29, 0.717) is 18.9 Å². The fourth-order valence-corrected chi connectivity index (χ4v) is 3.19. The second-order valence-electron chi connectivity index (χ2n) is 6.52. The SMILES string of the molecule is COCC(NC(=O)N(C)Cc1ccc(OC)c2ncccc12)c1ccnn1C. The molecule has 0 saturated heterocycles. The van der Waals surface area contributed by atoms with Gasteiger partial charge in [-0.25, -0.2) is 4.79 Å². The lowest BCUT2D eigenvalue weighted by Crippen LogP contribution is -2.41. The van der Waals surface area contributed by atoms with E-state index in [0.717, 1.165) is 22.2 Å². The zero-order valence-electron chi connectivity index (χ0n) is 16.5. The summed E-state index contributed by atoms with van der Waals surface area (Å²) in [4.78, 5) is 18.8. The van der Waals surface area contributed by atoms with Crippen LogP contribution in [-0.4, -0.2) is 53.6 Å². The zero-order valence-corrected chi connectivity index (χ0v) is 16.5. The zero-order chi connectivity index (χ0) is 20.1. The van der Waals surface area contributed by atoms with Crippen molar-refractivity contribution >= 4 is 16.9 Å². The lowest BCUT2D eigenvalue weighted by Gasteiger charge is -2.24. The number of nitrogens with zero attached hydrogens (tertiary/aromatic N) is 4. The molecule has 0 fully saturated rings. The van der Waals surface area contributed by atoms with Crippen LogP contribution in [0.1, 0.15) is 17.3 Å². The summed E-state index contributed by atoms with van der Waals surface area (Å²) in [5.74, 6) is 0.711. The molecule has 1 aromatic carbocycles. The number of pyridine rings is 1. The van der Waals surface area contributed by atoms with Gasteiger partial charge in [-0.15, -0.1) is 0 Å². The van der Waals surface area contributed by atoms with E-state index in [9.17, 15) is 4.79 Å². The van der Waals surface area contributed by atoms with Crippen LogP contribution in [0.3, 0.4) is 0 Å². The average molecular weight is 383 g/mol. The summed E-state index contributed by atoms with van der Waals surface area (Å²) in [6.45, 7) is 0.789. The number of amides is 2. The normalized spacial score (nSPS) is 12.0. The Labute approximate surface area is 164 Å². The Kier molecular flexibility index (Phi) is 6.10. The number of fused-ring (bicyclic) bond motifs is 1. The Bertz CT molecular complexity index is 956. The molecule has 1 unspecified atom stereocenters. The average Bonchev–Trinajstić information content (AvgIpc) is 3.13. The van der Waals surface area contributed by atoms with Gasteiger partial charge in [0.15, 0.2) is 0 Å². The highest BCUT2D eigenvalue weighted by Gasteiger charge is 2.20. The van der Waals surface area contributed by atoms with Crippen molar-refractivity contribution in [2.45, 2.75) is 12.6 Å². The third-order valence-corrected chi connectivity index (χ3v) is 4.64. The number of benzene rings is 1. The van der Waals surface area contributed by atoms with Gasteiger partial charge < -0.3 is 19.7 Å². The van der Waals surface area contributed by atoms with Crippen molar-refractivity contribution in [3.63, 3.8) is 0 Å². The molecule has 3 rings (SSSR count). The first-order chi connectivity index (χ1) is 13.5. The second kappa shape index (κ2) is 8.71. The minimum atomic E-state index is -0.290. The number of methoxy groups -OCH3 is 2. The van der Waals surface area contributed by atoms with Gasteiger partial charge in [0.05, 0.1) is 25.5 Å². The Morgan fingerprint density at radius 3 is 2.75 bits per heavy atom.